The van der Waals surface area contributed by atoms with Crippen molar-refractivity contribution in [2.24, 2.45) is 0 Å². The van der Waals surface area contributed by atoms with Gasteiger partial charge in [0.15, 0.2) is 5.70 Å². The highest BCUT2D eigenvalue weighted by atomic mass is 79.9. The second kappa shape index (κ2) is 8.95. The van der Waals surface area contributed by atoms with Gasteiger partial charge >= 0.3 is 5.97 Å². The summed E-state index contributed by atoms with van der Waals surface area (Å²) < 4.78 is 5.41. The zero-order valence-electron chi connectivity index (χ0n) is 12.9. The van der Waals surface area contributed by atoms with Crippen molar-refractivity contribution >= 4 is 34.4 Å². The number of pyridine rings is 1. The van der Waals surface area contributed by atoms with E-state index in [1.807, 2.05) is 30.3 Å². The Morgan fingerprint density at radius 2 is 2.04 bits per heavy atom. The van der Waals surface area contributed by atoms with Crippen LogP contribution in [0.4, 0.5) is 0 Å². The van der Waals surface area contributed by atoms with Gasteiger partial charge < -0.3 is 4.74 Å². The highest BCUT2D eigenvalue weighted by molar-refractivity contribution is 9.10. The molecular weight excluding hydrogens is 376 g/mol. The van der Waals surface area contributed by atoms with E-state index in [0.717, 1.165) is 10.6 Å². The molecule has 0 bridgehead atoms. The average molecular weight is 391 g/mol. The van der Waals surface area contributed by atoms with E-state index in [4.69, 9.17) is 9.57 Å². The first-order valence-electron chi connectivity index (χ1n) is 6.96. The first-order valence-corrected chi connectivity index (χ1v) is 7.76. The molecule has 0 aliphatic rings. The van der Waals surface area contributed by atoms with E-state index in [2.05, 4.69) is 20.9 Å². The summed E-state index contributed by atoms with van der Waals surface area (Å²) in [4.78, 5) is 32.8. The molecule has 2 rings (SSSR count). The van der Waals surface area contributed by atoms with Gasteiger partial charge in [-0.25, -0.2) is 4.79 Å². The minimum atomic E-state index is -0.695. The van der Waals surface area contributed by atoms with Crippen LogP contribution in [0, 0.1) is 0 Å². The number of methoxy groups -OCH3 is 1. The van der Waals surface area contributed by atoms with Gasteiger partial charge in [-0.2, -0.15) is 5.06 Å². The number of carbonyl (C=O) groups is 2. The maximum absolute atomic E-state index is 12.0. The van der Waals surface area contributed by atoms with Crippen LogP contribution in [0.1, 0.15) is 11.1 Å². The summed E-state index contributed by atoms with van der Waals surface area (Å²) in [6, 6.07) is 11.0. The predicted molar refractivity (Wildman–Crippen MR) is 91.1 cm³/mol. The number of ether oxygens (including phenoxy) is 1. The van der Waals surface area contributed by atoms with Crippen LogP contribution >= 0.6 is 15.9 Å². The van der Waals surface area contributed by atoms with Gasteiger partial charge in [-0.1, -0.05) is 30.3 Å². The van der Waals surface area contributed by atoms with Gasteiger partial charge in [0.05, 0.1) is 7.11 Å². The molecule has 124 valence electrons. The number of amides is 1. The molecule has 1 aromatic heterocycles. The Labute approximate surface area is 147 Å². The predicted octanol–water partition coefficient (Wildman–Crippen LogP) is 2.95. The van der Waals surface area contributed by atoms with Crippen molar-refractivity contribution in [2.45, 2.75) is 6.61 Å². The Bertz CT molecular complexity index is 734. The molecule has 7 heteroatoms. The zero-order valence-corrected chi connectivity index (χ0v) is 14.5. The Morgan fingerprint density at radius 1 is 1.29 bits per heavy atom. The number of aromatic nitrogens is 1. The smallest absolute Gasteiger partial charge is 0.357 e. The molecule has 0 fully saturated rings. The maximum Gasteiger partial charge on any atom is 0.357 e. The summed E-state index contributed by atoms with van der Waals surface area (Å²) in [6.45, 7) is 0.130. The average Bonchev–Trinajstić information content (AvgIpc) is 2.63. The van der Waals surface area contributed by atoms with E-state index in [1.165, 1.54) is 13.2 Å². The fourth-order valence-corrected chi connectivity index (χ4v) is 2.21. The number of rotatable bonds is 7. The minimum absolute atomic E-state index is 0.0460. The van der Waals surface area contributed by atoms with Crippen molar-refractivity contribution in [3.05, 3.63) is 70.1 Å². The van der Waals surface area contributed by atoms with Crippen LogP contribution in [0.3, 0.4) is 0 Å². The van der Waals surface area contributed by atoms with Crippen molar-refractivity contribution in [1.29, 1.82) is 0 Å². The number of carbonyl (C=O) groups excluding carboxylic acids is 2. The van der Waals surface area contributed by atoms with Crippen LogP contribution in [0.2, 0.25) is 0 Å². The number of halogens is 1. The molecule has 0 unspecified atom stereocenters. The van der Waals surface area contributed by atoms with Crippen molar-refractivity contribution in [1.82, 2.24) is 10.0 Å². The number of hydroxylamine groups is 2. The second-order valence-corrected chi connectivity index (χ2v) is 5.46. The molecule has 1 heterocycles. The summed E-state index contributed by atoms with van der Waals surface area (Å²) in [7, 11) is 1.23. The van der Waals surface area contributed by atoms with Gasteiger partial charge in [0.1, 0.15) is 6.61 Å². The summed E-state index contributed by atoms with van der Waals surface area (Å²) in [5.41, 5.74) is 1.47. The lowest BCUT2D eigenvalue weighted by atomic mass is 10.2. The van der Waals surface area contributed by atoms with Crippen LogP contribution in [0.15, 0.2) is 59.0 Å². The fraction of sp³-hybridized carbons (Fsp3) is 0.118. The molecular formula is C17H15BrN2O4. The van der Waals surface area contributed by atoms with E-state index in [-0.39, 0.29) is 12.3 Å². The van der Waals surface area contributed by atoms with Gasteiger partial charge in [0.25, 0.3) is 0 Å². The molecule has 0 N–H and O–H groups in total. The normalized spacial score (nSPS) is 11.0. The lowest BCUT2D eigenvalue weighted by molar-refractivity contribution is -0.172. The summed E-state index contributed by atoms with van der Waals surface area (Å²) in [5.74, 6) is -0.695. The zero-order chi connectivity index (χ0) is 17.4. The molecule has 0 saturated heterocycles. The van der Waals surface area contributed by atoms with Crippen LogP contribution in [-0.4, -0.2) is 29.5 Å². The minimum Gasteiger partial charge on any atom is -0.464 e. The number of esters is 1. The Kier molecular flexibility index (Phi) is 6.65. The molecule has 0 aliphatic carbocycles. The molecule has 0 saturated carbocycles. The van der Waals surface area contributed by atoms with E-state index < -0.39 is 5.97 Å². The number of hydrogen-bond acceptors (Lipinski definition) is 5. The van der Waals surface area contributed by atoms with Crippen molar-refractivity contribution in [3.8, 4) is 0 Å². The monoisotopic (exact) mass is 390 g/mol. The van der Waals surface area contributed by atoms with Crippen LogP contribution in [-0.2, 0) is 25.8 Å². The third-order valence-electron chi connectivity index (χ3n) is 3.04. The van der Waals surface area contributed by atoms with Gasteiger partial charge in [-0.15, -0.1) is 0 Å². The first kappa shape index (κ1) is 17.8. The lowest BCUT2D eigenvalue weighted by Crippen LogP contribution is -2.27. The van der Waals surface area contributed by atoms with Gasteiger partial charge in [-0.05, 0) is 39.2 Å². The molecule has 0 aliphatic heterocycles. The van der Waals surface area contributed by atoms with Crippen molar-refractivity contribution in [3.63, 3.8) is 0 Å². The number of nitrogens with zero attached hydrogens (tertiary/aromatic N) is 2. The Balaban J connectivity index is 2.26. The van der Waals surface area contributed by atoms with Crippen LogP contribution in [0.5, 0.6) is 0 Å². The molecule has 0 spiro atoms. The molecule has 0 atom stereocenters. The van der Waals surface area contributed by atoms with Gasteiger partial charge in [0.2, 0.25) is 6.41 Å². The number of benzene rings is 1. The third kappa shape index (κ3) is 4.74. The van der Waals surface area contributed by atoms with E-state index >= 15 is 0 Å². The quantitative estimate of drug-likeness (QED) is 0.314. The summed E-state index contributed by atoms with van der Waals surface area (Å²) in [5, 5.41) is 0.853. The molecule has 1 amide bonds. The van der Waals surface area contributed by atoms with Crippen LogP contribution < -0.4 is 0 Å². The standard InChI is InChI=1S/C17H15BrN2O4/c1-23-17(22)16(9-14-7-8-19-10-15(14)18)20(12-21)24-11-13-5-3-2-4-6-13/h2-10,12H,11H2,1H3. The number of hydrogen-bond donors (Lipinski definition) is 0. The third-order valence-corrected chi connectivity index (χ3v) is 3.70. The highest BCUT2D eigenvalue weighted by Crippen LogP contribution is 2.20. The SMILES string of the molecule is COC(=O)C(=Cc1ccncc1Br)N(C=O)OCc1ccccc1. The molecule has 0 radical (unpaired) electrons. The molecule has 24 heavy (non-hydrogen) atoms. The second-order valence-electron chi connectivity index (χ2n) is 4.61. The topological polar surface area (TPSA) is 68.7 Å². The highest BCUT2D eigenvalue weighted by Gasteiger charge is 2.20. The first-order chi connectivity index (χ1) is 11.7. The summed E-state index contributed by atoms with van der Waals surface area (Å²) >= 11 is 3.34. The fourth-order valence-electron chi connectivity index (χ4n) is 1.84. The maximum atomic E-state index is 12.0. The van der Waals surface area contributed by atoms with Crippen molar-refractivity contribution in [2.75, 3.05) is 7.11 Å². The Hall–Kier alpha value is -2.51. The molecule has 1 aromatic carbocycles. The van der Waals surface area contributed by atoms with Crippen LogP contribution in [0.25, 0.3) is 6.08 Å². The van der Waals surface area contributed by atoms with Crippen molar-refractivity contribution < 1.29 is 19.2 Å². The summed E-state index contributed by atoms with van der Waals surface area (Å²) in [6.07, 6.45) is 5.05. The van der Waals surface area contributed by atoms with E-state index in [9.17, 15) is 9.59 Å². The molecule has 2 aromatic rings. The Morgan fingerprint density at radius 3 is 2.67 bits per heavy atom. The molecule has 6 nitrogen and oxygen atoms in total. The van der Waals surface area contributed by atoms with Gasteiger partial charge in [-0.3, -0.25) is 14.6 Å². The van der Waals surface area contributed by atoms with E-state index in [1.54, 1.807) is 18.5 Å². The lowest BCUT2D eigenvalue weighted by Gasteiger charge is -2.18. The van der Waals surface area contributed by atoms with Gasteiger partial charge in [0, 0.05) is 16.9 Å². The van der Waals surface area contributed by atoms with E-state index in [0.29, 0.717) is 16.4 Å². The largest absolute Gasteiger partial charge is 0.464 e.